The lowest BCUT2D eigenvalue weighted by molar-refractivity contribution is -0.143. The van der Waals surface area contributed by atoms with E-state index in [0.717, 1.165) is 12.1 Å². The number of carbonyl (C=O) groups is 1. The van der Waals surface area contributed by atoms with E-state index in [-0.39, 0.29) is 16.7 Å². The summed E-state index contributed by atoms with van der Waals surface area (Å²) < 4.78 is 76.8. The van der Waals surface area contributed by atoms with Crippen LogP contribution in [0.25, 0.3) is 0 Å². The SMILES string of the molecule is O=C(NCc1cc(C(F)(F)F)cc(C(F)(F)F)c1)c1cc(Cl)ccc1O. The molecule has 1 amide bonds. The van der Waals surface area contributed by atoms with Crippen LogP contribution in [0.4, 0.5) is 26.3 Å². The van der Waals surface area contributed by atoms with E-state index in [9.17, 15) is 36.2 Å². The second-order valence-corrected chi connectivity index (χ2v) is 5.69. The van der Waals surface area contributed by atoms with Crippen molar-refractivity contribution in [1.29, 1.82) is 0 Å². The van der Waals surface area contributed by atoms with Crippen LogP contribution in [0.1, 0.15) is 27.0 Å². The third kappa shape index (κ3) is 4.81. The molecule has 0 aliphatic heterocycles. The predicted octanol–water partition coefficient (Wildman–Crippen LogP) is 5.01. The standard InChI is InChI=1S/C16H10ClF6NO2/c17-11-1-2-13(25)12(6-11)14(26)24-7-8-3-9(15(18,19)20)5-10(4-8)16(21,22)23/h1-6,25H,7H2,(H,24,26). The third-order valence-electron chi connectivity index (χ3n) is 3.30. The molecule has 0 bridgehead atoms. The first-order valence-corrected chi connectivity index (χ1v) is 7.31. The average molecular weight is 398 g/mol. The zero-order chi connectivity index (χ0) is 19.7. The minimum atomic E-state index is -4.98. The lowest BCUT2D eigenvalue weighted by atomic mass is 10.0. The predicted molar refractivity (Wildman–Crippen MR) is 80.7 cm³/mol. The van der Waals surface area contributed by atoms with Crippen molar-refractivity contribution in [1.82, 2.24) is 5.32 Å². The van der Waals surface area contributed by atoms with Crippen molar-refractivity contribution >= 4 is 17.5 Å². The Balaban J connectivity index is 2.28. The average Bonchev–Trinajstić information content (AvgIpc) is 2.53. The largest absolute Gasteiger partial charge is 0.507 e. The number of alkyl halides is 6. The highest BCUT2D eigenvalue weighted by atomic mass is 35.5. The van der Waals surface area contributed by atoms with Crippen molar-refractivity contribution in [3.05, 3.63) is 63.7 Å². The molecule has 0 aliphatic carbocycles. The fourth-order valence-corrected chi connectivity index (χ4v) is 2.26. The number of benzene rings is 2. The molecule has 0 saturated heterocycles. The fourth-order valence-electron chi connectivity index (χ4n) is 2.09. The number of hydrogen-bond acceptors (Lipinski definition) is 2. The Morgan fingerprint density at radius 3 is 2.00 bits per heavy atom. The summed E-state index contributed by atoms with van der Waals surface area (Å²) in [5.41, 5.74) is -3.63. The highest BCUT2D eigenvalue weighted by Crippen LogP contribution is 2.36. The van der Waals surface area contributed by atoms with Crippen molar-refractivity contribution in [3.8, 4) is 5.75 Å². The van der Waals surface area contributed by atoms with Crippen molar-refractivity contribution in [2.45, 2.75) is 18.9 Å². The van der Waals surface area contributed by atoms with Crippen LogP contribution in [0.5, 0.6) is 5.75 Å². The van der Waals surface area contributed by atoms with E-state index < -0.39 is 47.2 Å². The van der Waals surface area contributed by atoms with Crippen LogP contribution in [0, 0.1) is 0 Å². The number of phenolic OH excluding ortho intramolecular Hbond substituents is 1. The second kappa shape index (κ2) is 7.06. The number of phenols is 1. The molecule has 0 radical (unpaired) electrons. The van der Waals surface area contributed by atoms with Crippen LogP contribution in [0.2, 0.25) is 5.02 Å². The summed E-state index contributed by atoms with van der Waals surface area (Å²) in [5.74, 6) is -1.34. The summed E-state index contributed by atoms with van der Waals surface area (Å²) in [4.78, 5) is 12.0. The number of halogens is 7. The molecule has 3 nitrogen and oxygen atoms in total. The highest BCUT2D eigenvalue weighted by molar-refractivity contribution is 6.31. The molecule has 26 heavy (non-hydrogen) atoms. The van der Waals surface area contributed by atoms with E-state index >= 15 is 0 Å². The minimum Gasteiger partial charge on any atom is -0.507 e. The molecule has 0 fully saturated rings. The summed E-state index contributed by atoms with van der Waals surface area (Å²) in [6.07, 6.45) is -9.96. The maximum Gasteiger partial charge on any atom is 0.416 e. The first kappa shape index (κ1) is 19.9. The lowest BCUT2D eigenvalue weighted by Gasteiger charge is -2.14. The van der Waals surface area contributed by atoms with E-state index in [1.165, 1.54) is 6.07 Å². The van der Waals surface area contributed by atoms with E-state index in [1.807, 2.05) is 0 Å². The quantitative estimate of drug-likeness (QED) is 0.715. The molecule has 0 unspecified atom stereocenters. The van der Waals surface area contributed by atoms with Crippen LogP contribution >= 0.6 is 11.6 Å². The molecular formula is C16H10ClF6NO2. The van der Waals surface area contributed by atoms with Gasteiger partial charge in [-0.2, -0.15) is 26.3 Å². The van der Waals surface area contributed by atoms with Gasteiger partial charge in [-0.3, -0.25) is 4.79 Å². The van der Waals surface area contributed by atoms with Gasteiger partial charge < -0.3 is 10.4 Å². The van der Waals surface area contributed by atoms with Crippen LogP contribution < -0.4 is 5.32 Å². The van der Waals surface area contributed by atoms with Gasteiger partial charge in [0, 0.05) is 11.6 Å². The van der Waals surface area contributed by atoms with Gasteiger partial charge in [0.1, 0.15) is 5.75 Å². The van der Waals surface area contributed by atoms with Gasteiger partial charge in [0.2, 0.25) is 0 Å². The molecular weight excluding hydrogens is 388 g/mol. The Bertz CT molecular complexity index is 800. The lowest BCUT2D eigenvalue weighted by Crippen LogP contribution is -2.23. The van der Waals surface area contributed by atoms with Crippen LogP contribution in [-0.4, -0.2) is 11.0 Å². The summed E-state index contributed by atoms with van der Waals surface area (Å²) in [7, 11) is 0. The molecule has 2 aromatic rings. The summed E-state index contributed by atoms with van der Waals surface area (Å²) >= 11 is 5.68. The Morgan fingerprint density at radius 1 is 0.962 bits per heavy atom. The Hall–Kier alpha value is -2.42. The molecule has 0 heterocycles. The van der Waals surface area contributed by atoms with E-state index in [2.05, 4.69) is 5.32 Å². The molecule has 0 atom stereocenters. The molecule has 2 rings (SSSR count). The van der Waals surface area contributed by atoms with Crippen LogP contribution in [0.15, 0.2) is 36.4 Å². The van der Waals surface area contributed by atoms with E-state index in [0.29, 0.717) is 12.1 Å². The molecule has 0 aliphatic rings. The molecule has 2 aromatic carbocycles. The second-order valence-electron chi connectivity index (χ2n) is 5.26. The molecule has 0 saturated carbocycles. The van der Waals surface area contributed by atoms with Gasteiger partial charge in [-0.1, -0.05) is 11.6 Å². The van der Waals surface area contributed by atoms with E-state index in [4.69, 9.17) is 11.6 Å². The zero-order valence-corrected chi connectivity index (χ0v) is 13.4. The number of aromatic hydroxyl groups is 1. The number of carbonyl (C=O) groups excluding carboxylic acids is 1. The van der Waals surface area contributed by atoms with Crippen molar-refractivity contribution in [2.24, 2.45) is 0 Å². The fraction of sp³-hybridized carbons (Fsp3) is 0.188. The summed E-state index contributed by atoms with van der Waals surface area (Å²) in [6.45, 7) is -0.613. The highest BCUT2D eigenvalue weighted by Gasteiger charge is 2.36. The Labute approximate surface area is 148 Å². The summed E-state index contributed by atoms with van der Waals surface area (Å²) in [5, 5.41) is 11.9. The summed E-state index contributed by atoms with van der Waals surface area (Å²) in [6, 6.07) is 4.55. The topological polar surface area (TPSA) is 49.3 Å². The molecule has 10 heteroatoms. The van der Waals surface area contributed by atoms with Gasteiger partial charge >= 0.3 is 12.4 Å². The molecule has 140 valence electrons. The molecule has 0 aromatic heterocycles. The van der Waals surface area contributed by atoms with Crippen LogP contribution in [0.3, 0.4) is 0 Å². The van der Waals surface area contributed by atoms with Gasteiger partial charge in [0.15, 0.2) is 0 Å². The minimum absolute atomic E-state index is 0.00583. The van der Waals surface area contributed by atoms with Crippen molar-refractivity contribution in [2.75, 3.05) is 0 Å². The van der Waals surface area contributed by atoms with Gasteiger partial charge in [-0.05, 0) is 42.0 Å². The first-order valence-electron chi connectivity index (χ1n) is 6.93. The van der Waals surface area contributed by atoms with Crippen molar-refractivity contribution in [3.63, 3.8) is 0 Å². The normalized spacial score (nSPS) is 12.1. The smallest absolute Gasteiger partial charge is 0.416 e. The van der Waals surface area contributed by atoms with Crippen molar-refractivity contribution < 1.29 is 36.2 Å². The Morgan fingerprint density at radius 2 is 1.50 bits per heavy atom. The van der Waals surface area contributed by atoms with Crippen LogP contribution in [-0.2, 0) is 18.9 Å². The zero-order valence-electron chi connectivity index (χ0n) is 12.7. The molecule has 0 spiro atoms. The maximum atomic E-state index is 12.8. The van der Waals surface area contributed by atoms with Gasteiger partial charge in [0.25, 0.3) is 5.91 Å². The van der Waals surface area contributed by atoms with Gasteiger partial charge in [0.05, 0.1) is 16.7 Å². The number of nitrogens with one attached hydrogen (secondary N) is 1. The van der Waals surface area contributed by atoms with Gasteiger partial charge in [-0.15, -0.1) is 0 Å². The Kier molecular flexibility index (Phi) is 5.41. The third-order valence-corrected chi connectivity index (χ3v) is 3.54. The number of hydrogen-bond donors (Lipinski definition) is 2. The maximum absolute atomic E-state index is 12.8. The molecule has 2 N–H and O–H groups in total. The number of amides is 1. The first-order chi connectivity index (χ1) is 11.9. The monoisotopic (exact) mass is 397 g/mol. The van der Waals surface area contributed by atoms with E-state index in [1.54, 1.807) is 0 Å². The number of rotatable bonds is 3. The van der Waals surface area contributed by atoms with Gasteiger partial charge in [-0.25, -0.2) is 0 Å².